The van der Waals surface area contributed by atoms with Crippen molar-refractivity contribution in [2.75, 3.05) is 11.9 Å². The summed E-state index contributed by atoms with van der Waals surface area (Å²) in [5.74, 6) is -0.596. The van der Waals surface area contributed by atoms with Crippen molar-refractivity contribution < 1.29 is 14.5 Å². The number of hydrogen-bond donors (Lipinski definition) is 2. The molecule has 2 aromatic carbocycles. The maximum absolute atomic E-state index is 12.4. The molecule has 0 bridgehead atoms. The largest absolute Gasteiger partial charge is 0.352 e. The van der Waals surface area contributed by atoms with Crippen LogP contribution in [0, 0.1) is 16.0 Å². The molecule has 0 fully saturated rings. The van der Waals surface area contributed by atoms with Gasteiger partial charge >= 0.3 is 0 Å². The summed E-state index contributed by atoms with van der Waals surface area (Å²) in [6.45, 7) is 4.45. The zero-order chi connectivity index (χ0) is 19.3. The third kappa shape index (κ3) is 4.80. The summed E-state index contributed by atoms with van der Waals surface area (Å²) in [5.41, 5.74) is 0.335. The molecule has 0 saturated carbocycles. The minimum absolute atomic E-state index is 0.0555. The third-order valence-electron chi connectivity index (χ3n) is 3.50. The highest BCUT2D eigenvalue weighted by Crippen LogP contribution is 2.26. The Labute approximate surface area is 155 Å². The number of halogens is 1. The number of carbonyl (C=O) groups excluding carboxylic acids is 2. The molecule has 26 heavy (non-hydrogen) atoms. The molecule has 0 aliphatic carbocycles. The molecule has 0 heterocycles. The van der Waals surface area contributed by atoms with Crippen LogP contribution in [-0.2, 0) is 0 Å². The van der Waals surface area contributed by atoms with E-state index in [0.29, 0.717) is 17.8 Å². The van der Waals surface area contributed by atoms with E-state index in [-0.39, 0.29) is 28.1 Å². The van der Waals surface area contributed by atoms with Gasteiger partial charge in [-0.05, 0) is 30.2 Å². The van der Waals surface area contributed by atoms with Crippen LogP contribution in [0.4, 0.5) is 11.4 Å². The molecule has 0 aliphatic rings. The van der Waals surface area contributed by atoms with E-state index in [0.717, 1.165) is 6.07 Å². The quantitative estimate of drug-likeness (QED) is 0.590. The second kappa shape index (κ2) is 8.44. The maximum Gasteiger partial charge on any atom is 0.288 e. The van der Waals surface area contributed by atoms with E-state index in [1.807, 2.05) is 13.8 Å². The van der Waals surface area contributed by atoms with Gasteiger partial charge in [-0.15, -0.1) is 0 Å². The second-order valence-corrected chi connectivity index (χ2v) is 6.43. The second-order valence-electron chi connectivity index (χ2n) is 6.03. The number of amides is 2. The molecule has 0 atom stereocenters. The van der Waals surface area contributed by atoms with Gasteiger partial charge in [0.15, 0.2) is 0 Å². The Morgan fingerprint density at radius 3 is 2.50 bits per heavy atom. The van der Waals surface area contributed by atoms with Gasteiger partial charge in [-0.25, -0.2) is 0 Å². The number of nitro groups is 1. The number of rotatable bonds is 6. The summed E-state index contributed by atoms with van der Waals surface area (Å²) in [6, 6.07) is 10.3. The van der Waals surface area contributed by atoms with Crippen LogP contribution in [0.1, 0.15) is 34.6 Å². The van der Waals surface area contributed by atoms with E-state index in [9.17, 15) is 19.7 Å². The Kier molecular flexibility index (Phi) is 6.30. The number of hydrogen-bond acceptors (Lipinski definition) is 4. The fourth-order valence-corrected chi connectivity index (χ4v) is 2.36. The SMILES string of the molecule is CC(C)CNC(=O)c1ccccc1NC(=O)c1ccc(Cl)c([N+](=O)[O-])c1. The fraction of sp³-hybridized carbons (Fsp3) is 0.222. The Morgan fingerprint density at radius 1 is 1.15 bits per heavy atom. The van der Waals surface area contributed by atoms with Crippen LogP contribution in [-0.4, -0.2) is 23.3 Å². The molecule has 0 aromatic heterocycles. The van der Waals surface area contributed by atoms with Crippen molar-refractivity contribution >= 4 is 34.8 Å². The molecule has 0 saturated heterocycles. The molecule has 0 aliphatic heterocycles. The van der Waals surface area contributed by atoms with Crippen LogP contribution in [0.25, 0.3) is 0 Å². The van der Waals surface area contributed by atoms with E-state index in [4.69, 9.17) is 11.6 Å². The Bertz CT molecular complexity index is 852. The van der Waals surface area contributed by atoms with Crippen molar-refractivity contribution in [3.8, 4) is 0 Å². The number of para-hydroxylation sites is 1. The lowest BCUT2D eigenvalue weighted by molar-refractivity contribution is -0.384. The first-order valence-electron chi connectivity index (χ1n) is 7.92. The predicted molar refractivity (Wildman–Crippen MR) is 99.7 cm³/mol. The van der Waals surface area contributed by atoms with Gasteiger partial charge in [-0.1, -0.05) is 37.6 Å². The van der Waals surface area contributed by atoms with Gasteiger partial charge in [0.1, 0.15) is 5.02 Å². The van der Waals surface area contributed by atoms with Gasteiger partial charge in [-0.3, -0.25) is 19.7 Å². The van der Waals surface area contributed by atoms with E-state index in [1.54, 1.807) is 24.3 Å². The lowest BCUT2D eigenvalue weighted by Crippen LogP contribution is -2.28. The van der Waals surface area contributed by atoms with Crippen LogP contribution in [0.2, 0.25) is 5.02 Å². The number of nitro benzene ring substituents is 1. The molecule has 2 rings (SSSR count). The average molecular weight is 376 g/mol. The van der Waals surface area contributed by atoms with Gasteiger partial charge in [-0.2, -0.15) is 0 Å². The maximum atomic E-state index is 12.4. The highest BCUT2D eigenvalue weighted by atomic mass is 35.5. The van der Waals surface area contributed by atoms with Gasteiger partial charge in [0.05, 0.1) is 16.2 Å². The normalized spacial score (nSPS) is 10.5. The van der Waals surface area contributed by atoms with E-state index >= 15 is 0 Å². The van der Waals surface area contributed by atoms with Crippen molar-refractivity contribution in [2.24, 2.45) is 5.92 Å². The number of carbonyl (C=O) groups is 2. The van der Waals surface area contributed by atoms with Crippen LogP contribution in [0.5, 0.6) is 0 Å². The molecule has 136 valence electrons. The van der Waals surface area contributed by atoms with Crippen LogP contribution in [0.3, 0.4) is 0 Å². The minimum atomic E-state index is -0.660. The first kappa shape index (κ1) is 19.4. The predicted octanol–water partition coefficient (Wildman–Crippen LogP) is 3.89. The van der Waals surface area contributed by atoms with E-state index in [2.05, 4.69) is 10.6 Å². The molecular weight excluding hydrogens is 358 g/mol. The zero-order valence-corrected chi connectivity index (χ0v) is 15.0. The zero-order valence-electron chi connectivity index (χ0n) is 14.3. The number of benzene rings is 2. The topological polar surface area (TPSA) is 101 Å². The molecule has 7 nitrogen and oxygen atoms in total. The van der Waals surface area contributed by atoms with Crippen molar-refractivity contribution in [1.82, 2.24) is 5.32 Å². The minimum Gasteiger partial charge on any atom is -0.352 e. The Balaban J connectivity index is 2.23. The molecule has 8 heteroatoms. The summed E-state index contributed by atoms with van der Waals surface area (Å²) >= 11 is 5.76. The van der Waals surface area contributed by atoms with Crippen molar-refractivity contribution in [3.63, 3.8) is 0 Å². The van der Waals surface area contributed by atoms with Gasteiger partial charge in [0.25, 0.3) is 17.5 Å². The summed E-state index contributed by atoms with van der Waals surface area (Å²) in [5, 5.41) is 16.3. The molecule has 2 amide bonds. The standard InChI is InChI=1S/C18H18ClN3O4/c1-11(2)10-20-18(24)13-5-3-4-6-15(13)21-17(23)12-7-8-14(19)16(9-12)22(25)26/h3-9,11H,10H2,1-2H3,(H,20,24)(H,21,23). The Hall–Kier alpha value is -2.93. The summed E-state index contributed by atoms with van der Waals surface area (Å²) in [6.07, 6.45) is 0. The summed E-state index contributed by atoms with van der Waals surface area (Å²) in [7, 11) is 0. The highest BCUT2D eigenvalue weighted by Gasteiger charge is 2.18. The Morgan fingerprint density at radius 2 is 1.85 bits per heavy atom. The van der Waals surface area contributed by atoms with Crippen LogP contribution < -0.4 is 10.6 Å². The van der Waals surface area contributed by atoms with E-state index < -0.39 is 10.8 Å². The van der Waals surface area contributed by atoms with Crippen molar-refractivity contribution in [1.29, 1.82) is 0 Å². The smallest absolute Gasteiger partial charge is 0.288 e. The average Bonchev–Trinajstić information content (AvgIpc) is 2.60. The fourth-order valence-electron chi connectivity index (χ4n) is 2.17. The third-order valence-corrected chi connectivity index (χ3v) is 3.82. The van der Waals surface area contributed by atoms with Gasteiger partial charge < -0.3 is 10.6 Å². The number of nitrogens with zero attached hydrogens (tertiary/aromatic N) is 1. The lowest BCUT2D eigenvalue weighted by atomic mass is 10.1. The van der Waals surface area contributed by atoms with Crippen LogP contribution >= 0.6 is 11.6 Å². The molecule has 0 unspecified atom stereocenters. The number of nitrogens with one attached hydrogen (secondary N) is 2. The highest BCUT2D eigenvalue weighted by molar-refractivity contribution is 6.32. The molecular formula is C18H18ClN3O4. The monoisotopic (exact) mass is 375 g/mol. The van der Waals surface area contributed by atoms with E-state index in [1.165, 1.54) is 12.1 Å². The molecule has 0 spiro atoms. The van der Waals surface area contributed by atoms with Crippen molar-refractivity contribution in [2.45, 2.75) is 13.8 Å². The summed E-state index contributed by atoms with van der Waals surface area (Å²) in [4.78, 5) is 35.0. The first-order valence-corrected chi connectivity index (χ1v) is 8.30. The lowest BCUT2D eigenvalue weighted by Gasteiger charge is -2.12. The van der Waals surface area contributed by atoms with Crippen molar-refractivity contribution in [3.05, 3.63) is 68.7 Å². The van der Waals surface area contributed by atoms with Crippen LogP contribution in [0.15, 0.2) is 42.5 Å². The van der Waals surface area contributed by atoms with Gasteiger partial charge in [0.2, 0.25) is 0 Å². The molecule has 2 N–H and O–H groups in total. The summed E-state index contributed by atoms with van der Waals surface area (Å²) < 4.78 is 0. The molecule has 2 aromatic rings. The number of anilines is 1. The first-order chi connectivity index (χ1) is 12.3. The van der Waals surface area contributed by atoms with Gasteiger partial charge in [0, 0.05) is 18.2 Å². The molecule has 0 radical (unpaired) electrons.